The quantitative estimate of drug-likeness (QED) is 0.769. The van der Waals surface area contributed by atoms with Crippen molar-refractivity contribution < 1.29 is 4.79 Å². The minimum Gasteiger partial charge on any atom is -0.327 e. The summed E-state index contributed by atoms with van der Waals surface area (Å²) >= 11 is 2.27. The van der Waals surface area contributed by atoms with E-state index in [1.165, 1.54) is 22.8 Å². The van der Waals surface area contributed by atoms with Crippen LogP contribution in [-0.2, 0) is 4.79 Å². The number of carbonyl (C=O) groups is 1. The van der Waals surface area contributed by atoms with Crippen molar-refractivity contribution in [3.8, 4) is 0 Å². The maximum atomic E-state index is 12.4. The van der Waals surface area contributed by atoms with Gasteiger partial charge >= 0.3 is 0 Å². The van der Waals surface area contributed by atoms with Gasteiger partial charge in [0.15, 0.2) is 0 Å². The third-order valence-corrected chi connectivity index (χ3v) is 5.61. The number of nitrogens with two attached hydrogens (primary N) is 1. The van der Waals surface area contributed by atoms with Gasteiger partial charge in [-0.05, 0) is 84.4 Å². The lowest BCUT2D eigenvalue weighted by atomic mass is 9.65. The molecule has 2 aliphatic carbocycles. The fourth-order valence-corrected chi connectivity index (χ4v) is 4.14. The molecule has 2 atom stereocenters. The molecule has 0 heterocycles. The van der Waals surface area contributed by atoms with Gasteiger partial charge in [-0.1, -0.05) is 6.42 Å². The molecule has 108 valence electrons. The van der Waals surface area contributed by atoms with Gasteiger partial charge in [-0.25, -0.2) is 0 Å². The van der Waals surface area contributed by atoms with Gasteiger partial charge in [-0.15, -0.1) is 0 Å². The van der Waals surface area contributed by atoms with Crippen molar-refractivity contribution in [2.45, 2.75) is 38.1 Å². The molecule has 2 unspecified atom stereocenters. The van der Waals surface area contributed by atoms with E-state index in [-0.39, 0.29) is 11.8 Å². The second kappa shape index (κ2) is 6.02. The van der Waals surface area contributed by atoms with Crippen molar-refractivity contribution in [1.82, 2.24) is 0 Å². The molecule has 1 amide bonds. The Morgan fingerprint density at radius 2 is 1.75 bits per heavy atom. The van der Waals surface area contributed by atoms with Gasteiger partial charge in [0.1, 0.15) is 0 Å². The van der Waals surface area contributed by atoms with E-state index in [9.17, 15) is 4.79 Å². The Hall–Kier alpha value is -0.620. The first-order chi connectivity index (χ1) is 9.63. The average Bonchev–Trinajstić information content (AvgIpc) is 2.41. The van der Waals surface area contributed by atoms with Gasteiger partial charge in [-0.3, -0.25) is 4.79 Å². The Bertz CT molecular complexity index is 474. The lowest BCUT2D eigenvalue weighted by molar-refractivity contribution is -0.122. The van der Waals surface area contributed by atoms with Crippen LogP contribution < -0.4 is 11.1 Å². The summed E-state index contributed by atoms with van der Waals surface area (Å²) in [4.78, 5) is 12.4. The largest absolute Gasteiger partial charge is 0.327 e. The number of halogens is 1. The number of fused-ring (bicyclic) bond motifs is 2. The van der Waals surface area contributed by atoms with Crippen LogP contribution in [0.5, 0.6) is 0 Å². The van der Waals surface area contributed by atoms with Crippen LogP contribution in [0.4, 0.5) is 5.69 Å². The van der Waals surface area contributed by atoms with Gasteiger partial charge < -0.3 is 11.1 Å². The van der Waals surface area contributed by atoms with Crippen LogP contribution in [0, 0.1) is 21.3 Å². The molecule has 0 saturated heterocycles. The molecule has 0 radical (unpaired) electrons. The topological polar surface area (TPSA) is 55.1 Å². The molecule has 1 aromatic carbocycles. The van der Waals surface area contributed by atoms with Crippen molar-refractivity contribution in [3.05, 3.63) is 27.8 Å². The van der Waals surface area contributed by atoms with E-state index in [1.807, 2.05) is 24.3 Å². The zero-order valence-corrected chi connectivity index (χ0v) is 13.7. The molecule has 2 aliphatic rings. The number of anilines is 1. The third-order valence-electron chi connectivity index (χ3n) is 4.90. The van der Waals surface area contributed by atoms with Gasteiger partial charge in [0, 0.05) is 21.2 Å². The molecular formula is C16H21IN2O. The summed E-state index contributed by atoms with van der Waals surface area (Å²) in [6.07, 6.45) is 5.62. The number of amides is 1. The van der Waals surface area contributed by atoms with Crippen LogP contribution in [0.15, 0.2) is 24.3 Å². The molecule has 2 fully saturated rings. The zero-order valence-electron chi connectivity index (χ0n) is 11.5. The summed E-state index contributed by atoms with van der Waals surface area (Å²) in [5, 5.41) is 3.06. The molecule has 20 heavy (non-hydrogen) atoms. The minimum absolute atomic E-state index is 0.143. The first-order valence-corrected chi connectivity index (χ1v) is 8.53. The summed E-state index contributed by atoms with van der Waals surface area (Å²) in [5.74, 6) is 1.42. The summed E-state index contributed by atoms with van der Waals surface area (Å²) in [5.41, 5.74) is 7.18. The fourth-order valence-electron chi connectivity index (χ4n) is 3.78. The van der Waals surface area contributed by atoms with Crippen molar-refractivity contribution in [3.63, 3.8) is 0 Å². The number of carbonyl (C=O) groups excluding carboxylic acids is 1. The Morgan fingerprint density at radius 3 is 2.35 bits per heavy atom. The van der Waals surface area contributed by atoms with Gasteiger partial charge in [0.25, 0.3) is 0 Å². The van der Waals surface area contributed by atoms with E-state index in [0.29, 0.717) is 17.9 Å². The highest BCUT2D eigenvalue weighted by atomic mass is 127. The normalized spacial score (nSPS) is 32.7. The lowest BCUT2D eigenvalue weighted by Crippen LogP contribution is -2.48. The summed E-state index contributed by atoms with van der Waals surface area (Å²) < 4.78 is 1.18. The zero-order chi connectivity index (χ0) is 14.1. The number of rotatable bonds is 2. The van der Waals surface area contributed by atoms with E-state index < -0.39 is 0 Å². The number of hydrogen-bond donors (Lipinski definition) is 2. The molecule has 0 spiro atoms. The number of hydrogen-bond acceptors (Lipinski definition) is 2. The van der Waals surface area contributed by atoms with Crippen LogP contribution in [0.2, 0.25) is 0 Å². The fraction of sp³-hybridized carbons (Fsp3) is 0.562. The highest BCUT2D eigenvalue weighted by Crippen LogP contribution is 2.42. The molecule has 4 heteroatoms. The maximum Gasteiger partial charge on any atom is 0.227 e. The highest BCUT2D eigenvalue weighted by molar-refractivity contribution is 14.1. The number of benzene rings is 1. The van der Waals surface area contributed by atoms with Crippen LogP contribution in [0.3, 0.4) is 0 Å². The summed E-state index contributed by atoms with van der Waals surface area (Å²) in [6.45, 7) is 0. The molecule has 2 bridgehead atoms. The lowest BCUT2D eigenvalue weighted by Gasteiger charge is -2.43. The first-order valence-electron chi connectivity index (χ1n) is 7.45. The Morgan fingerprint density at radius 1 is 1.15 bits per heavy atom. The Labute approximate surface area is 133 Å². The molecule has 0 aromatic heterocycles. The van der Waals surface area contributed by atoms with E-state index >= 15 is 0 Å². The van der Waals surface area contributed by atoms with Crippen molar-refractivity contribution in [2.24, 2.45) is 23.5 Å². The average molecular weight is 384 g/mol. The highest BCUT2D eigenvalue weighted by Gasteiger charge is 2.40. The van der Waals surface area contributed by atoms with Crippen molar-refractivity contribution in [1.29, 1.82) is 0 Å². The number of nitrogens with one attached hydrogen (secondary N) is 1. The van der Waals surface area contributed by atoms with Crippen LogP contribution >= 0.6 is 22.6 Å². The predicted octanol–water partition coefficient (Wildman–Crippen LogP) is 3.38. The molecule has 2 saturated carbocycles. The second-order valence-electron chi connectivity index (χ2n) is 6.19. The SMILES string of the molecule is NC1C2CCCC1CC(C(=O)Nc1ccc(I)cc1)C2. The van der Waals surface area contributed by atoms with Crippen LogP contribution in [-0.4, -0.2) is 11.9 Å². The predicted molar refractivity (Wildman–Crippen MR) is 89.3 cm³/mol. The smallest absolute Gasteiger partial charge is 0.227 e. The standard InChI is InChI=1S/C16H21IN2O/c17-13-4-6-14(7-5-13)19-16(20)12-8-10-2-1-3-11(9-12)15(10)18/h4-7,10-12,15H,1-3,8-9,18H2,(H,19,20). The van der Waals surface area contributed by atoms with Crippen LogP contribution in [0.1, 0.15) is 32.1 Å². The van der Waals surface area contributed by atoms with Crippen LogP contribution in [0.25, 0.3) is 0 Å². The van der Waals surface area contributed by atoms with Gasteiger partial charge in [-0.2, -0.15) is 0 Å². The van der Waals surface area contributed by atoms with Crippen molar-refractivity contribution in [2.75, 3.05) is 5.32 Å². The van der Waals surface area contributed by atoms with Gasteiger partial charge in [0.2, 0.25) is 5.91 Å². The maximum absolute atomic E-state index is 12.4. The third kappa shape index (κ3) is 3.01. The molecule has 3 N–H and O–H groups in total. The Balaban J connectivity index is 1.64. The van der Waals surface area contributed by atoms with Gasteiger partial charge in [0.05, 0.1) is 0 Å². The van der Waals surface area contributed by atoms with Crippen molar-refractivity contribution >= 4 is 34.2 Å². The monoisotopic (exact) mass is 384 g/mol. The first kappa shape index (κ1) is 14.3. The second-order valence-corrected chi connectivity index (χ2v) is 7.44. The molecule has 3 nitrogen and oxygen atoms in total. The molecular weight excluding hydrogens is 363 g/mol. The van der Waals surface area contributed by atoms with E-state index in [1.54, 1.807) is 0 Å². The van der Waals surface area contributed by atoms with E-state index in [4.69, 9.17) is 5.73 Å². The molecule has 1 aromatic rings. The molecule has 0 aliphatic heterocycles. The Kier molecular flexibility index (Phi) is 4.31. The minimum atomic E-state index is 0.143. The summed E-state index contributed by atoms with van der Waals surface area (Å²) in [7, 11) is 0. The summed E-state index contributed by atoms with van der Waals surface area (Å²) in [6, 6.07) is 8.29. The van der Waals surface area contributed by atoms with E-state index in [0.717, 1.165) is 18.5 Å². The molecule has 3 rings (SSSR count). The van der Waals surface area contributed by atoms with E-state index in [2.05, 4.69) is 27.9 Å².